The van der Waals surface area contributed by atoms with E-state index in [-0.39, 0.29) is 18.2 Å². The number of nitrogens with zero attached hydrogens (tertiary/aromatic N) is 4. The second kappa shape index (κ2) is 9.68. The number of aromatic nitrogens is 1. The molecule has 156 valence electrons. The van der Waals surface area contributed by atoms with Gasteiger partial charge in [-0.2, -0.15) is 0 Å². The van der Waals surface area contributed by atoms with Gasteiger partial charge in [0.05, 0.1) is 17.9 Å². The van der Waals surface area contributed by atoms with Crippen molar-refractivity contribution in [1.29, 1.82) is 0 Å². The summed E-state index contributed by atoms with van der Waals surface area (Å²) in [5.41, 5.74) is 0.667. The fourth-order valence-corrected chi connectivity index (χ4v) is 3.70. The van der Waals surface area contributed by atoms with Gasteiger partial charge in [0, 0.05) is 6.54 Å². The topological polar surface area (TPSA) is 102 Å². The van der Waals surface area contributed by atoms with Gasteiger partial charge >= 0.3 is 5.88 Å². The predicted molar refractivity (Wildman–Crippen MR) is 114 cm³/mol. The molecule has 29 heavy (non-hydrogen) atoms. The van der Waals surface area contributed by atoms with E-state index in [4.69, 9.17) is 9.15 Å². The van der Waals surface area contributed by atoms with Gasteiger partial charge in [0.25, 0.3) is 5.91 Å². The van der Waals surface area contributed by atoms with Crippen LogP contribution in [0.5, 0.6) is 5.75 Å². The van der Waals surface area contributed by atoms with Crippen molar-refractivity contribution in [3.8, 4) is 5.75 Å². The number of furan rings is 1. The Balaban J connectivity index is 0.00000300. The van der Waals surface area contributed by atoms with Gasteiger partial charge in [0.1, 0.15) is 16.2 Å². The number of amides is 1. The largest absolute Gasteiger partial charge is 0.494 e. The first kappa shape index (κ1) is 22.6. The zero-order valence-corrected chi connectivity index (χ0v) is 17.8. The highest BCUT2D eigenvalue weighted by atomic mass is 35.5. The Bertz CT molecular complexity index is 1000. The second-order valence-electron chi connectivity index (χ2n) is 6.31. The predicted octanol–water partition coefficient (Wildman–Crippen LogP) is 3.83. The van der Waals surface area contributed by atoms with Gasteiger partial charge in [-0.25, -0.2) is 4.98 Å². The first-order chi connectivity index (χ1) is 13.4. The number of hydrogen-bond acceptors (Lipinski definition) is 8. The lowest BCUT2D eigenvalue weighted by atomic mass is 10.3. The molecule has 0 radical (unpaired) electrons. The van der Waals surface area contributed by atoms with Crippen LogP contribution < -0.4 is 9.64 Å². The molecule has 2 aromatic heterocycles. The van der Waals surface area contributed by atoms with Crippen molar-refractivity contribution in [2.45, 2.75) is 6.42 Å². The quantitative estimate of drug-likeness (QED) is 0.387. The number of fused-ring (bicyclic) bond motifs is 1. The van der Waals surface area contributed by atoms with Crippen molar-refractivity contribution < 1.29 is 18.9 Å². The zero-order chi connectivity index (χ0) is 20.3. The summed E-state index contributed by atoms with van der Waals surface area (Å²) in [5.74, 6) is -0.412. The van der Waals surface area contributed by atoms with E-state index in [1.165, 1.54) is 28.4 Å². The van der Waals surface area contributed by atoms with Crippen molar-refractivity contribution >= 4 is 50.9 Å². The van der Waals surface area contributed by atoms with Crippen LogP contribution in [-0.2, 0) is 0 Å². The summed E-state index contributed by atoms with van der Waals surface area (Å²) in [6.45, 7) is 1.17. The molecule has 0 atom stereocenters. The Kier molecular flexibility index (Phi) is 7.54. The lowest BCUT2D eigenvalue weighted by Crippen LogP contribution is -2.33. The summed E-state index contributed by atoms with van der Waals surface area (Å²) in [6.07, 6.45) is 0.703. The maximum absolute atomic E-state index is 13.0. The van der Waals surface area contributed by atoms with E-state index in [0.717, 1.165) is 11.2 Å². The first-order valence-corrected chi connectivity index (χ1v) is 9.36. The van der Waals surface area contributed by atoms with E-state index < -0.39 is 16.7 Å². The Morgan fingerprint density at radius 3 is 2.66 bits per heavy atom. The van der Waals surface area contributed by atoms with E-state index in [2.05, 4.69) is 4.98 Å². The zero-order valence-electron chi connectivity index (χ0n) is 16.2. The number of carbonyl (C=O) groups excluding carboxylic acids is 1. The van der Waals surface area contributed by atoms with Crippen LogP contribution in [0.25, 0.3) is 10.2 Å². The Labute approximate surface area is 177 Å². The van der Waals surface area contributed by atoms with Gasteiger partial charge in [0.15, 0.2) is 10.9 Å². The van der Waals surface area contributed by atoms with Crippen LogP contribution in [0.4, 0.5) is 11.0 Å². The summed E-state index contributed by atoms with van der Waals surface area (Å²) in [4.78, 5) is 31.3. The minimum atomic E-state index is -0.671. The van der Waals surface area contributed by atoms with Crippen molar-refractivity contribution in [2.75, 3.05) is 39.2 Å². The average Bonchev–Trinajstić information content (AvgIpc) is 3.31. The molecule has 1 amide bonds. The fourth-order valence-electron chi connectivity index (χ4n) is 2.69. The minimum absolute atomic E-state index is 0. The third kappa shape index (κ3) is 5.03. The smallest absolute Gasteiger partial charge is 0.433 e. The molecule has 11 heteroatoms. The second-order valence-corrected chi connectivity index (χ2v) is 7.32. The molecule has 0 N–H and O–H groups in total. The maximum atomic E-state index is 13.0. The van der Waals surface area contributed by atoms with E-state index >= 15 is 0 Å². The van der Waals surface area contributed by atoms with Crippen LogP contribution in [0.3, 0.4) is 0 Å². The number of halogens is 1. The van der Waals surface area contributed by atoms with Crippen LogP contribution in [0, 0.1) is 10.1 Å². The molecule has 0 aliphatic heterocycles. The van der Waals surface area contributed by atoms with Gasteiger partial charge in [-0.15, -0.1) is 12.4 Å². The maximum Gasteiger partial charge on any atom is 0.433 e. The summed E-state index contributed by atoms with van der Waals surface area (Å²) in [6, 6.07) is 8.05. The van der Waals surface area contributed by atoms with Gasteiger partial charge < -0.3 is 14.1 Å². The number of rotatable bonds is 8. The van der Waals surface area contributed by atoms with Crippen molar-refractivity contribution in [3.63, 3.8) is 0 Å². The number of anilines is 1. The van der Waals surface area contributed by atoms with E-state index in [1.807, 2.05) is 31.1 Å². The molecule has 0 saturated carbocycles. The van der Waals surface area contributed by atoms with Gasteiger partial charge in [-0.05, 0) is 45.3 Å². The SMILES string of the molecule is COc1cccc2sc(N(CCCN(C)C)C(=O)c3ccc([N+](=O)[O-])o3)nc12.Cl. The molecule has 1 aromatic carbocycles. The molecule has 0 fully saturated rings. The molecule has 0 unspecified atom stereocenters. The first-order valence-electron chi connectivity index (χ1n) is 8.55. The van der Waals surface area contributed by atoms with Crippen LogP contribution in [0.2, 0.25) is 0 Å². The summed E-state index contributed by atoms with van der Waals surface area (Å²) in [5, 5.41) is 11.4. The molecule has 0 aliphatic carbocycles. The van der Waals surface area contributed by atoms with Crippen LogP contribution in [-0.4, -0.2) is 55.0 Å². The highest BCUT2D eigenvalue weighted by molar-refractivity contribution is 7.22. The molecular weight excluding hydrogens is 420 g/mol. The molecule has 0 saturated heterocycles. The molecule has 3 aromatic rings. The van der Waals surface area contributed by atoms with Crippen LogP contribution in [0.15, 0.2) is 34.7 Å². The molecular formula is C18H21ClN4O5S. The number of hydrogen-bond donors (Lipinski definition) is 0. The third-order valence-electron chi connectivity index (χ3n) is 4.04. The van der Waals surface area contributed by atoms with Gasteiger partial charge in [-0.1, -0.05) is 17.4 Å². The molecule has 9 nitrogen and oxygen atoms in total. The number of benzene rings is 1. The average molecular weight is 441 g/mol. The summed E-state index contributed by atoms with van der Waals surface area (Å²) < 4.78 is 11.3. The van der Waals surface area contributed by atoms with E-state index in [1.54, 1.807) is 13.2 Å². The molecule has 0 bridgehead atoms. The summed E-state index contributed by atoms with van der Waals surface area (Å²) in [7, 11) is 5.46. The summed E-state index contributed by atoms with van der Waals surface area (Å²) >= 11 is 1.35. The number of para-hydroxylation sites is 1. The number of nitro groups is 1. The fraction of sp³-hybridized carbons (Fsp3) is 0.333. The van der Waals surface area contributed by atoms with Gasteiger partial charge in [0.2, 0.25) is 0 Å². The molecule has 2 heterocycles. The van der Waals surface area contributed by atoms with Crippen LogP contribution >= 0.6 is 23.7 Å². The Morgan fingerprint density at radius 2 is 2.03 bits per heavy atom. The highest BCUT2D eigenvalue weighted by Crippen LogP contribution is 2.35. The number of thiazole rings is 1. The van der Waals surface area contributed by atoms with E-state index in [0.29, 0.717) is 29.4 Å². The van der Waals surface area contributed by atoms with E-state index in [9.17, 15) is 14.9 Å². The standard InChI is InChI=1S/C18H20N4O5S.ClH/c1-20(2)10-5-11-21(17(23)13-8-9-15(27-13)22(24)25)18-19-16-12(26-3)6-4-7-14(16)28-18;/h4,6-9H,5,10-11H2,1-3H3;1H. The lowest BCUT2D eigenvalue weighted by Gasteiger charge is -2.19. The molecule has 3 rings (SSSR count). The van der Waals surface area contributed by atoms with Crippen molar-refractivity contribution in [1.82, 2.24) is 9.88 Å². The molecule has 0 spiro atoms. The number of methoxy groups -OCH3 is 1. The minimum Gasteiger partial charge on any atom is -0.494 e. The van der Waals surface area contributed by atoms with Crippen molar-refractivity contribution in [3.05, 3.63) is 46.2 Å². The van der Waals surface area contributed by atoms with Gasteiger partial charge in [-0.3, -0.25) is 19.8 Å². The Morgan fingerprint density at radius 1 is 1.28 bits per heavy atom. The lowest BCUT2D eigenvalue weighted by molar-refractivity contribution is -0.402. The number of ether oxygens (including phenoxy) is 1. The highest BCUT2D eigenvalue weighted by Gasteiger charge is 2.26. The number of carbonyl (C=O) groups is 1. The molecule has 0 aliphatic rings. The van der Waals surface area contributed by atoms with Crippen LogP contribution in [0.1, 0.15) is 17.0 Å². The van der Waals surface area contributed by atoms with Crippen molar-refractivity contribution in [2.24, 2.45) is 0 Å². The normalized spacial score (nSPS) is 10.8. The monoisotopic (exact) mass is 440 g/mol. The Hall–Kier alpha value is -2.69. The third-order valence-corrected chi connectivity index (χ3v) is 5.08.